The van der Waals surface area contributed by atoms with E-state index in [9.17, 15) is 4.79 Å². The zero-order chi connectivity index (χ0) is 19.1. The molecule has 1 aliphatic heterocycles. The van der Waals surface area contributed by atoms with E-state index in [0.29, 0.717) is 17.5 Å². The molecule has 0 unspecified atom stereocenters. The molecule has 0 radical (unpaired) electrons. The van der Waals surface area contributed by atoms with E-state index in [2.05, 4.69) is 44.0 Å². The highest BCUT2D eigenvalue weighted by atomic mass is 32.2. The van der Waals surface area contributed by atoms with Gasteiger partial charge in [0.2, 0.25) is 11.8 Å². The molecule has 8 heteroatoms. The summed E-state index contributed by atoms with van der Waals surface area (Å²) in [4.78, 5) is 16.9. The lowest BCUT2D eigenvalue weighted by Gasteiger charge is -2.35. The number of thioether (sulfide) groups is 1. The first-order valence-corrected chi connectivity index (χ1v) is 10.1. The van der Waals surface area contributed by atoms with Crippen LogP contribution in [0, 0.1) is 0 Å². The van der Waals surface area contributed by atoms with Crippen molar-refractivity contribution >= 4 is 29.0 Å². The fraction of sp³-hybridized carbons (Fsp3) is 0.421. The van der Waals surface area contributed by atoms with Gasteiger partial charge in [-0.3, -0.25) is 9.69 Å². The number of carbonyl (C=O) groups is 1. The summed E-state index contributed by atoms with van der Waals surface area (Å²) < 4.78 is 5.39. The zero-order valence-electron chi connectivity index (χ0n) is 15.6. The Morgan fingerprint density at radius 2 is 2.00 bits per heavy atom. The Balaban J connectivity index is 1.46. The molecule has 1 aromatic carbocycles. The van der Waals surface area contributed by atoms with Gasteiger partial charge in [-0.2, -0.15) is 0 Å². The van der Waals surface area contributed by atoms with Crippen molar-refractivity contribution in [1.29, 1.82) is 0 Å². The average Bonchev–Trinajstić information content (AvgIpc) is 3.16. The van der Waals surface area contributed by atoms with E-state index in [4.69, 9.17) is 4.42 Å². The molecular formula is C19H25N5O2S. The molecule has 1 saturated heterocycles. The van der Waals surface area contributed by atoms with Crippen LogP contribution >= 0.6 is 11.8 Å². The van der Waals surface area contributed by atoms with Gasteiger partial charge in [-0.25, -0.2) is 0 Å². The molecular weight excluding hydrogens is 362 g/mol. The quantitative estimate of drug-likeness (QED) is 0.551. The van der Waals surface area contributed by atoms with E-state index in [1.54, 1.807) is 0 Å². The number of rotatable bonds is 8. The second-order valence-corrected chi connectivity index (χ2v) is 7.20. The highest BCUT2D eigenvalue weighted by molar-refractivity contribution is 7.99. The number of aromatic nitrogens is 2. The summed E-state index contributed by atoms with van der Waals surface area (Å²) in [6, 6.07) is 7.99. The lowest BCUT2D eigenvalue weighted by atomic mass is 10.2. The van der Waals surface area contributed by atoms with E-state index in [0.717, 1.165) is 38.4 Å². The van der Waals surface area contributed by atoms with E-state index in [1.807, 2.05) is 25.1 Å². The third-order valence-electron chi connectivity index (χ3n) is 4.35. The topological polar surface area (TPSA) is 74.5 Å². The van der Waals surface area contributed by atoms with Crippen LogP contribution in [-0.2, 0) is 11.2 Å². The molecule has 2 aromatic rings. The lowest BCUT2D eigenvalue weighted by Crippen LogP contribution is -2.46. The summed E-state index contributed by atoms with van der Waals surface area (Å²) in [5.74, 6) is 0.721. The lowest BCUT2D eigenvalue weighted by molar-refractivity contribution is -0.113. The van der Waals surface area contributed by atoms with E-state index in [1.165, 1.54) is 17.4 Å². The minimum atomic E-state index is -0.0953. The van der Waals surface area contributed by atoms with Gasteiger partial charge >= 0.3 is 0 Å². The molecule has 1 fully saturated rings. The van der Waals surface area contributed by atoms with Crippen molar-refractivity contribution in [2.45, 2.75) is 18.6 Å². The number of piperazine rings is 1. The summed E-state index contributed by atoms with van der Waals surface area (Å²) in [5, 5.41) is 11.1. The van der Waals surface area contributed by atoms with Crippen LogP contribution in [0.4, 0.5) is 11.4 Å². The summed E-state index contributed by atoms with van der Waals surface area (Å²) >= 11 is 1.24. The van der Waals surface area contributed by atoms with E-state index < -0.39 is 0 Å². The maximum Gasteiger partial charge on any atom is 0.277 e. The highest BCUT2D eigenvalue weighted by Gasteiger charge is 2.16. The Labute approximate surface area is 163 Å². The second kappa shape index (κ2) is 9.57. The molecule has 3 rings (SSSR count). The van der Waals surface area contributed by atoms with Gasteiger partial charge in [0, 0.05) is 50.5 Å². The summed E-state index contributed by atoms with van der Waals surface area (Å²) in [6.45, 7) is 10.8. The van der Waals surface area contributed by atoms with Gasteiger partial charge in [0.05, 0.1) is 5.75 Å². The van der Waals surface area contributed by atoms with Crippen molar-refractivity contribution in [2.24, 2.45) is 0 Å². The van der Waals surface area contributed by atoms with Crippen LogP contribution in [0.15, 0.2) is 46.6 Å². The molecule has 0 spiro atoms. The molecule has 1 aliphatic rings. The van der Waals surface area contributed by atoms with Crippen LogP contribution in [0.5, 0.6) is 0 Å². The predicted molar refractivity (Wildman–Crippen MR) is 108 cm³/mol. The van der Waals surface area contributed by atoms with Crippen LogP contribution in [0.2, 0.25) is 0 Å². The summed E-state index contributed by atoms with van der Waals surface area (Å²) in [7, 11) is 0. The third kappa shape index (κ3) is 5.58. The van der Waals surface area contributed by atoms with Gasteiger partial charge < -0.3 is 14.6 Å². The monoisotopic (exact) mass is 387 g/mol. The number of nitrogens with zero attached hydrogens (tertiary/aromatic N) is 4. The molecule has 1 amide bonds. The van der Waals surface area contributed by atoms with Gasteiger partial charge in [-0.05, 0) is 24.3 Å². The first-order valence-electron chi connectivity index (χ1n) is 9.11. The van der Waals surface area contributed by atoms with Gasteiger partial charge in [0.1, 0.15) is 0 Å². The van der Waals surface area contributed by atoms with Crippen molar-refractivity contribution in [2.75, 3.05) is 48.7 Å². The fourth-order valence-electron chi connectivity index (χ4n) is 2.89. The largest absolute Gasteiger partial charge is 0.416 e. The summed E-state index contributed by atoms with van der Waals surface area (Å²) in [6.07, 6.45) is 2.64. The minimum absolute atomic E-state index is 0.0953. The van der Waals surface area contributed by atoms with E-state index >= 15 is 0 Å². The first-order chi connectivity index (χ1) is 13.2. The van der Waals surface area contributed by atoms with Crippen molar-refractivity contribution in [3.05, 3.63) is 42.8 Å². The smallest absolute Gasteiger partial charge is 0.277 e. The maximum absolute atomic E-state index is 12.1. The van der Waals surface area contributed by atoms with Crippen molar-refractivity contribution in [3.63, 3.8) is 0 Å². The van der Waals surface area contributed by atoms with Gasteiger partial charge in [-0.15, -0.1) is 16.8 Å². The minimum Gasteiger partial charge on any atom is -0.416 e. The molecule has 144 valence electrons. The number of anilines is 2. The van der Waals surface area contributed by atoms with Crippen LogP contribution in [-0.4, -0.2) is 59.5 Å². The third-order valence-corrected chi connectivity index (χ3v) is 5.17. The Hall–Kier alpha value is -2.32. The number of hydrogen-bond acceptors (Lipinski definition) is 7. The molecule has 0 aliphatic carbocycles. The van der Waals surface area contributed by atoms with Gasteiger partial charge in [0.15, 0.2) is 0 Å². The predicted octanol–water partition coefficient (Wildman–Crippen LogP) is 2.67. The van der Waals surface area contributed by atoms with Crippen molar-refractivity contribution in [1.82, 2.24) is 15.1 Å². The van der Waals surface area contributed by atoms with Crippen LogP contribution < -0.4 is 10.2 Å². The maximum atomic E-state index is 12.1. The molecule has 1 N–H and O–H groups in total. The first kappa shape index (κ1) is 19.4. The average molecular weight is 388 g/mol. The molecule has 7 nitrogen and oxygen atoms in total. The zero-order valence-corrected chi connectivity index (χ0v) is 16.4. The Morgan fingerprint density at radius 1 is 1.26 bits per heavy atom. The number of amides is 1. The molecule has 27 heavy (non-hydrogen) atoms. The summed E-state index contributed by atoms with van der Waals surface area (Å²) in [5.41, 5.74) is 1.97. The molecule has 1 aromatic heterocycles. The molecule has 2 heterocycles. The SMILES string of the molecule is C=CCN1CCN(c2ccc(NC(=O)CSc3nnc(CC)o3)cc2)CC1. The van der Waals surface area contributed by atoms with Gasteiger partial charge in [0.25, 0.3) is 5.22 Å². The molecule has 0 saturated carbocycles. The normalized spacial score (nSPS) is 14.9. The van der Waals surface area contributed by atoms with Gasteiger partial charge in [-0.1, -0.05) is 24.8 Å². The van der Waals surface area contributed by atoms with E-state index in [-0.39, 0.29) is 11.7 Å². The Bertz CT molecular complexity index is 754. The number of nitrogens with one attached hydrogen (secondary N) is 1. The Kier molecular flexibility index (Phi) is 6.89. The van der Waals surface area contributed by atoms with Crippen LogP contribution in [0.3, 0.4) is 0 Å². The molecule has 0 atom stereocenters. The number of carbonyl (C=O) groups excluding carboxylic acids is 1. The fourth-order valence-corrected chi connectivity index (χ4v) is 3.47. The second-order valence-electron chi connectivity index (χ2n) is 6.28. The van der Waals surface area contributed by atoms with Crippen LogP contribution in [0.25, 0.3) is 0 Å². The Morgan fingerprint density at radius 3 is 2.63 bits per heavy atom. The standard InChI is InChI=1S/C19H25N5O2S/c1-3-9-23-10-12-24(13-11-23)16-7-5-15(6-8-16)20-17(25)14-27-19-22-21-18(4-2)26-19/h3,5-8H,1,4,9-14H2,2H3,(H,20,25). The number of aryl methyl sites for hydroxylation is 1. The highest BCUT2D eigenvalue weighted by Crippen LogP contribution is 2.21. The van der Waals surface area contributed by atoms with Crippen molar-refractivity contribution < 1.29 is 9.21 Å². The number of hydrogen-bond donors (Lipinski definition) is 1. The molecule has 0 bridgehead atoms. The van der Waals surface area contributed by atoms with Crippen molar-refractivity contribution in [3.8, 4) is 0 Å². The van der Waals surface area contributed by atoms with Crippen LogP contribution in [0.1, 0.15) is 12.8 Å². The number of benzene rings is 1.